The highest BCUT2D eigenvalue weighted by Crippen LogP contribution is 2.60. The summed E-state index contributed by atoms with van der Waals surface area (Å²) < 4.78 is 40.1. The van der Waals surface area contributed by atoms with Gasteiger partial charge in [-0.3, -0.25) is 9.88 Å². The zero-order valence-electron chi connectivity index (χ0n) is 16.2. The van der Waals surface area contributed by atoms with Crippen molar-refractivity contribution >= 4 is 7.60 Å². The molecule has 0 radical (unpaired) electrons. The molecule has 1 saturated carbocycles. The summed E-state index contributed by atoms with van der Waals surface area (Å²) in [6.07, 6.45) is 5.62. The molecule has 1 N–H and O–H groups in total. The average Bonchev–Trinajstić information content (AvgIpc) is 2.71. The van der Waals surface area contributed by atoms with Gasteiger partial charge >= 0.3 is 7.60 Å². The molecule has 1 aliphatic rings. The quantitative estimate of drug-likeness (QED) is 0.639. The Hall–Kier alpha value is -1.27. The molecule has 1 fully saturated rings. The summed E-state index contributed by atoms with van der Waals surface area (Å²) in [6, 6.07) is 3.82. The fourth-order valence-corrected chi connectivity index (χ4v) is 4.89. The SMILES string of the molecule is COc1cc(C(NC2CCCCC2)P(=O)(OC)OC)cc(OC)c1OC. The first-order valence-corrected chi connectivity index (χ1v) is 10.4. The normalized spacial score (nSPS) is 17.0. The van der Waals surface area contributed by atoms with E-state index in [0.29, 0.717) is 22.8 Å². The number of methoxy groups -OCH3 is 3. The van der Waals surface area contributed by atoms with Crippen LogP contribution in [0, 0.1) is 0 Å². The van der Waals surface area contributed by atoms with Crippen LogP contribution in [0.15, 0.2) is 12.1 Å². The Labute approximate surface area is 155 Å². The van der Waals surface area contributed by atoms with Crippen LogP contribution < -0.4 is 19.5 Å². The highest BCUT2D eigenvalue weighted by atomic mass is 31.2. The van der Waals surface area contributed by atoms with Crippen molar-refractivity contribution in [1.29, 1.82) is 0 Å². The predicted molar refractivity (Wildman–Crippen MR) is 100 cm³/mol. The third-order valence-electron chi connectivity index (χ3n) is 4.83. The molecule has 1 aromatic carbocycles. The summed E-state index contributed by atoms with van der Waals surface area (Å²) >= 11 is 0. The Morgan fingerprint density at radius 3 is 1.88 bits per heavy atom. The molecular formula is C18H30NO6P. The summed E-state index contributed by atoms with van der Waals surface area (Å²) in [5.41, 5.74) is 0.706. The van der Waals surface area contributed by atoms with Gasteiger partial charge in [0.15, 0.2) is 11.5 Å². The van der Waals surface area contributed by atoms with Gasteiger partial charge in [-0.2, -0.15) is 0 Å². The molecule has 0 aliphatic heterocycles. The Bertz CT molecular complexity index is 599. The first kappa shape index (κ1) is 21.0. The number of hydrogen-bond donors (Lipinski definition) is 1. The second kappa shape index (κ2) is 9.60. The standard InChI is InChI=1S/C18H30NO6P/c1-21-15-11-13(12-16(22-2)17(15)23-3)18(26(20,24-4)25-5)19-14-9-7-6-8-10-14/h11-12,14,18-19H,6-10H2,1-5H3. The van der Waals surface area contributed by atoms with Crippen molar-refractivity contribution in [3.63, 3.8) is 0 Å². The van der Waals surface area contributed by atoms with E-state index in [2.05, 4.69) is 5.32 Å². The molecular weight excluding hydrogens is 357 g/mol. The fraction of sp³-hybridized carbons (Fsp3) is 0.667. The van der Waals surface area contributed by atoms with Crippen molar-refractivity contribution in [2.75, 3.05) is 35.5 Å². The maximum atomic E-state index is 13.3. The molecule has 1 aliphatic carbocycles. The van der Waals surface area contributed by atoms with E-state index >= 15 is 0 Å². The van der Waals surface area contributed by atoms with Crippen LogP contribution in [0.3, 0.4) is 0 Å². The van der Waals surface area contributed by atoms with Crippen LogP contribution in [0.25, 0.3) is 0 Å². The monoisotopic (exact) mass is 387 g/mol. The van der Waals surface area contributed by atoms with Crippen LogP contribution in [-0.4, -0.2) is 41.6 Å². The van der Waals surface area contributed by atoms with E-state index in [1.165, 1.54) is 20.6 Å². The maximum absolute atomic E-state index is 13.3. The number of benzene rings is 1. The molecule has 8 heteroatoms. The van der Waals surface area contributed by atoms with Gasteiger partial charge in [0, 0.05) is 20.3 Å². The van der Waals surface area contributed by atoms with E-state index in [9.17, 15) is 4.57 Å². The molecule has 26 heavy (non-hydrogen) atoms. The van der Waals surface area contributed by atoms with Crippen molar-refractivity contribution in [1.82, 2.24) is 5.32 Å². The fourth-order valence-electron chi connectivity index (χ4n) is 3.41. The Morgan fingerprint density at radius 1 is 0.923 bits per heavy atom. The van der Waals surface area contributed by atoms with E-state index in [1.807, 2.05) is 0 Å². The van der Waals surface area contributed by atoms with Crippen LogP contribution in [-0.2, 0) is 13.6 Å². The molecule has 0 bridgehead atoms. The maximum Gasteiger partial charge on any atom is 0.351 e. The number of ether oxygens (including phenoxy) is 3. The van der Waals surface area contributed by atoms with Crippen molar-refractivity contribution in [3.8, 4) is 17.2 Å². The van der Waals surface area contributed by atoms with Crippen LogP contribution in [0.2, 0.25) is 0 Å². The Kier molecular flexibility index (Phi) is 7.77. The minimum absolute atomic E-state index is 0.256. The summed E-state index contributed by atoms with van der Waals surface area (Å²) in [5, 5.41) is 3.49. The van der Waals surface area contributed by atoms with Crippen molar-refractivity contribution in [2.24, 2.45) is 0 Å². The molecule has 148 valence electrons. The lowest BCUT2D eigenvalue weighted by molar-refractivity contribution is 0.249. The molecule has 7 nitrogen and oxygen atoms in total. The van der Waals surface area contributed by atoms with E-state index < -0.39 is 13.4 Å². The van der Waals surface area contributed by atoms with Crippen molar-refractivity contribution < 1.29 is 27.8 Å². The smallest absolute Gasteiger partial charge is 0.351 e. The minimum atomic E-state index is -3.43. The zero-order chi connectivity index (χ0) is 19.2. The molecule has 0 heterocycles. The Morgan fingerprint density at radius 2 is 1.46 bits per heavy atom. The van der Waals surface area contributed by atoms with Crippen LogP contribution in [0.5, 0.6) is 17.2 Å². The van der Waals surface area contributed by atoms with Gasteiger partial charge in [0.05, 0.1) is 21.3 Å². The Balaban J connectivity index is 2.48. The van der Waals surface area contributed by atoms with Gasteiger partial charge in [0.1, 0.15) is 5.78 Å². The topological polar surface area (TPSA) is 75.3 Å². The number of nitrogens with one attached hydrogen (secondary N) is 1. The third kappa shape index (κ3) is 4.52. The predicted octanol–water partition coefficient (Wildman–Crippen LogP) is 4.12. The lowest BCUT2D eigenvalue weighted by atomic mass is 9.95. The van der Waals surface area contributed by atoms with Crippen molar-refractivity contribution in [3.05, 3.63) is 17.7 Å². The van der Waals surface area contributed by atoms with E-state index in [1.54, 1.807) is 33.5 Å². The van der Waals surface area contributed by atoms with E-state index in [0.717, 1.165) is 25.7 Å². The second-order valence-electron chi connectivity index (χ2n) is 6.27. The van der Waals surface area contributed by atoms with Gasteiger partial charge in [-0.05, 0) is 30.5 Å². The van der Waals surface area contributed by atoms with Gasteiger partial charge < -0.3 is 23.3 Å². The third-order valence-corrected chi connectivity index (χ3v) is 6.92. The summed E-state index contributed by atoms with van der Waals surface area (Å²) in [6.45, 7) is 0. The summed E-state index contributed by atoms with van der Waals surface area (Å²) in [4.78, 5) is 0. The minimum Gasteiger partial charge on any atom is -0.493 e. The first-order valence-electron chi connectivity index (χ1n) is 8.80. The van der Waals surface area contributed by atoms with Crippen LogP contribution in [0.4, 0.5) is 0 Å². The number of rotatable bonds is 9. The van der Waals surface area contributed by atoms with Gasteiger partial charge in [0.25, 0.3) is 0 Å². The van der Waals surface area contributed by atoms with E-state index in [-0.39, 0.29) is 6.04 Å². The van der Waals surface area contributed by atoms with Gasteiger partial charge in [-0.15, -0.1) is 0 Å². The van der Waals surface area contributed by atoms with Crippen LogP contribution >= 0.6 is 7.60 Å². The highest BCUT2D eigenvalue weighted by Gasteiger charge is 2.38. The van der Waals surface area contributed by atoms with E-state index in [4.69, 9.17) is 23.3 Å². The largest absolute Gasteiger partial charge is 0.493 e. The van der Waals surface area contributed by atoms with Gasteiger partial charge in [-0.1, -0.05) is 19.3 Å². The molecule has 2 rings (SSSR count). The first-order chi connectivity index (χ1) is 12.5. The molecule has 0 amide bonds. The zero-order valence-corrected chi connectivity index (χ0v) is 17.1. The average molecular weight is 387 g/mol. The number of hydrogen-bond acceptors (Lipinski definition) is 7. The van der Waals surface area contributed by atoms with Crippen molar-refractivity contribution in [2.45, 2.75) is 43.9 Å². The van der Waals surface area contributed by atoms with Gasteiger partial charge in [0.2, 0.25) is 5.75 Å². The van der Waals surface area contributed by atoms with Gasteiger partial charge in [-0.25, -0.2) is 0 Å². The summed E-state index contributed by atoms with van der Waals surface area (Å²) in [5.74, 6) is 0.848. The molecule has 1 atom stereocenters. The highest BCUT2D eigenvalue weighted by molar-refractivity contribution is 7.54. The lowest BCUT2D eigenvalue weighted by Gasteiger charge is -2.32. The second-order valence-corrected chi connectivity index (χ2v) is 8.59. The molecule has 0 spiro atoms. The lowest BCUT2D eigenvalue weighted by Crippen LogP contribution is -2.35. The molecule has 0 saturated heterocycles. The molecule has 0 aromatic heterocycles. The molecule has 1 aromatic rings. The molecule has 1 unspecified atom stereocenters. The van der Waals surface area contributed by atoms with Crippen LogP contribution in [0.1, 0.15) is 43.5 Å². The summed E-state index contributed by atoms with van der Waals surface area (Å²) in [7, 11) is 4.03.